The third-order valence-electron chi connectivity index (χ3n) is 3.52. The van der Waals surface area contributed by atoms with Crippen molar-refractivity contribution in [2.24, 2.45) is 0 Å². The first-order chi connectivity index (χ1) is 10.5. The highest BCUT2D eigenvalue weighted by Gasteiger charge is 2.22. The van der Waals surface area contributed by atoms with Crippen LogP contribution in [0.2, 0.25) is 0 Å². The fraction of sp³-hybridized carbons (Fsp3) is 0.333. The molecule has 1 aromatic heterocycles. The summed E-state index contributed by atoms with van der Waals surface area (Å²) < 4.78 is 1.72. The first-order valence-electron chi connectivity index (χ1n) is 7.00. The second kappa shape index (κ2) is 6.84. The van der Waals surface area contributed by atoms with Crippen molar-refractivity contribution >= 4 is 11.9 Å². The van der Waals surface area contributed by atoms with Crippen LogP contribution in [0.4, 0.5) is 0 Å². The molecule has 1 heterocycles. The fourth-order valence-electron chi connectivity index (χ4n) is 2.07. The fourth-order valence-corrected chi connectivity index (χ4v) is 2.07. The highest BCUT2D eigenvalue weighted by molar-refractivity contribution is 5.96. The van der Waals surface area contributed by atoms with E-state index in [9.17, 15) is 9.59 Å². The number of carbonyl (C=O) groups excluding carboxylic acids is 1. The molecule has 7 heteroatoms. The molecule has 2 aromatic rings. The third-order valence-corrected chi connectivity index (χ3v) is 3.52. The van der Waals surface area contributed by atoms with Gasteiger partial charge in [-0.2, -0.15) is 0 Å². The number of benzene rings is 1. The first kappa shape index (κ1) is 15.7. The summed E-state index contributed by atoms with van der Waals surface area (Å²) in [5.41, 5.74) is 1.29. The Hall–Kier alpha value is -2.70. The summed E-state index contributed by atoms with van der Waals surface area (Å²) in [7, 11) is 0. The Morgan fingerprint density at radius 1 is 1.23 bits per heavy atom. The van der Waals surface area contributed by atoms with E-state index in [1.54, 1.807) is 41.5 Å². The molecule has 0 bridgehead atoms. The lowest BCUT2D eigenvalue weighted by atomic mass is 10.1. The minimum absolute atomic E-state index is 0.138. The smallest absolute Gasteiger partial charge is 0.323 e. The van der Waals surface area contributed by atoms with Crippen molar-refractivity contribution in [3.63, 3.8) is 0 Å². The second-order valence-electron chi connectivity index (χ2n) is 5.00. The maximum atomic E-state index is 12.5. The number of hydrogen-bond donors (Lipinski definition) is 1. The highest BCUT2D eigenvalue weighted by Crippen LogP contribution is 2.14. The number of amides is 1. The number of carbonyl (C=O) groups is 2. The number of carboxylic acid groups (broad SMARTS) is 1. The van der Waals surface area contributed by atoms with Crippen LogP contribution in [0.15, 0.2) is 36.9 Å². The number of carboxylic acids is 1. The van der Waals surface area contributed by atoms with Gasteiger partial charge < -0.3 is 10.0 Å². The number of aromatic nitrogens is 3. The Morgan fingerprint density at radius 3 is 2.32 bits per heavy atom. The van der Waals surface area contributed by atoms with Gasteiger partial charge in [0.05, 0.1) is 0 Å². The van der Waals surface area contributed by atoms with Gasteiger partial charge in [0, 0.05) is 17.3 Å². The van der Waals surface area contributed by atoms with Crippen LogP contribution in [0.3, 0.4) is 0 Å². The molecule has 0 aliphatic rings. The van der Waals surface area contributed by atoms with Crippen LogP contribution >= 0.6 is 0 Å². The molecule has 0 aliphatic carbocycles. The number of aliphatic carboxylic acids is 1. The summed E-state index contributed by atoms with van der Waals surface area (Å²) in [6.45, 7) is 3.45. The van der Waals surface area contributed by atoms with Crippen LogP contribution in [-0.2, 0) is 4.79 Å². The lowest BCUT2D eigenvalue weighted by molar-refractivity contribution is -0.138. The van der Waals surface area contributed by atoms with Crippen LogP contribution in [-0.4, -0.2) is 49.2 Å². The molecular formula is C15H18N4O3. The summed E-state index contributed by atoms with van der Waals surface area (Å²) >= 11 is 0. The number of hydrogen-bond acceptors (Lipinski definition) is 4. The molecule has 22 heavy (non-hydrogen) atoms. The zero-order valence-corrected chi connectivity index (χ0v) is 12.5. The summed E-state index contributed by atoms with van der Waals surface area (Å²) in [6.07, 6.45) is 3.82. The molecule has 0 aliphatic heterocycles. The molecule has 0 fully saturated rings. The van der Waals surface area contributed by atoms with E-state index in [0.717, 1.165) is 5.69 Å². The van der Waals surface area contributed by atoms with E-state index in [-0.39, 0.29) is 18.5 Å². The Kier molecular flexibility index (Phi) is 4.88. The van der Waals surface area contributed by atoms with Gasteiger partial charge in [-0.3, -0.25) is 14.2 Å². The van der Waals surface area contributed by atoms with E-state index in [1.807, 2.05) is 13.8 Å². The summed E-state index contributed by atoms with van der Waals surface area (Å²) in [5.74, 6) is -1.30. The van der Waals surface area contributed by atoms with E-state index in [4.69, 9.17) is 5.11 Å². The maximum Gasteiger partial charge on any atom is 0.323 e. The Balaban J connectivity index is 2.21. The van der Waals surface area contributed by atoms with Gasteiger partial charge in [0.2, 0.25) is 0 Å². The largest absolute Gasteiger partial charge is 0.480 e. The average molecular weight is 302 g/mol. The lowest BCUT2D eigenvalue weighted by Gasteiger charge is -2.27. The molecule has 7 nitrogen and oxygen atoms in total. The summed E-state index contributed by atoms with van der Waals surface area (Å²) in [4.78, 5) is 24.8. The van der Waals surface area contributed by atoms with Crippen molar-refractivity contribution in [1.82, 2.24) is 19.7 Å². The third kappa shape index (κ3) is 3.49. The first-order valence-corrected chi connectivity index (χ1v) is 7.00. The van der Waals surface area contributed by atoms with Gasteiger partial charge in [-0.15, -0.1) is 10.2 Å². The Labute approximate surface area is 128 Å². The molecule has 0 saturated heterocycles. The predicted octanol–water partition coefficient (Wildman–Crippen LogP) is 1.59. The van der Waals surface area contributed by atoms with Gasteiger partial charge in [-0.25, -0.2) is 0 Å². The molecule has 0 radical (unpaired) electrons. The van der Waals surface area contributed by atoms with E-state index in [0.29, 0.717) is 12.0 Å². The summed E-state index contributed by atoms with van der Waals surface area (Å²) in [5, 5.41) is 16.4. The summed E-state index contributed by atoms with van der Waals surface area (Å²) in [6, 6.07) is 6.75. The minimum atomic E-state index is -1.02. The van der Waals surface area contributed by atoms with Crippen molar-refractivity contribution in [3.8, 4) is 5.69 Å². The van der Waals surface area contributed by atoms with E-state index in [2.05, 4.69) is 10.2 Å². The standard InChI is InChI=1S/C15H18N4O3/c1-3-11(2)19(8-14(20)21)15(22)12-4-6-13(7-5-12)18-9-16-17-10-18/h4-7,9-11H,3,8H2,1-2H3,(H,20,21). The van der Waals surface area contributed by atoms with Gasteiger partial charge >= 0.3 is 5.97 Å². The van der Waals surface area contributed by atoms with Gasteiger partial charge in [0.25, 0.3) is 5.91 Å². The SMILES string of the molecule is CCC(C)N(CC(=O)O)C(=O)c1ccc(-n2cnnc2)cc1. The molecular weight excluding hydrogens is 284 g/mol. The molecule has 1 unspecified atom stereocenters. The molecule has 1 amide bonds. The Bertz CT molecular complexity index is 637. The van der Waals surface area contributed by atoms with E-state index < -0.39 is 5.97 Å². The molecule has 1 aromatic carbocycles. The molecule has 1 N–H and O–H groups in total. The quantitative estimate of drug-likeness (QED) is 0.875. The van der Waals surface area contributed by atoms with Crippen LogP contribution in [0.5, 0.6) is 0 Å². The lowest BCUT2D eigenvalue weighted by Crippen LogP contribution is -2.41. The van der Waals surface area contributed by atoms with Gasteiger partial charge in [0.15, 0.2) is 0 Å². The maximum absolute atomic E-state index is 12.5. The molecule has 0 spiro atoms. The molecule has 116 valence electrons. The van der Waals surface area contributed by atoms with E-state index >= 15 is 0 Å². The highest BCUT2D eigenvalue weighted by atomic mass is 16.4. The normalized spacial score (nSPS) is 11.9. The van der Waals surface area contributed by atoms with Gasteiger partial charge in [0.1, 0.15) is 19.2 Å². The number of rotatable bonds is 6. The minimum Gasteiger partial charge on any atom is -0.480 e. The van der Waals surface area contributed by atoms with Crippen molar-refractivity contribution in [2.75, 3.05) is 6.54 Å². The second-order valence-corrected chi connectivity index (χ2v) is 5.00. The molecule has 1 atom stereocenters. The van der Waals surface area contributed by atoms with Crippen molar-refractivity contribution in [3.05, 3.63) is 42.5 Å². The van der Waals surface area contributed by atoms with Crippen LogP contribution in [0.1, 0.15) is 30.6 Å². The molecule has 2 rings (SSSR count). The number of nitrogens with zero attached hydrogens (tertiary/aromatic N) is 4. The topological polar surface area (TPSA) is 88.3 Å². The molecule has 0 saturated carbocycles. The predicted molar refractivity (Wildman–Crippen MR) is 79.8 cm³/mol. The van der Waals surface area contributed by atoms with Crippen molar-refractivity contribution < 1.29 is 14.7 Å². The Morgan fingerprint density at radius 2 is 1.82 bits per heavy atom. The van der Waals surface area contributed by atoms with Crippen molar-refractivity contribution in [2.45, 2.75) is 26.3 Å². The van der Waals surface area contributed by atoms with Gasteiger partial charge in [-0.05, 0) is 37.6 Å². The van der Waals surface area contributed by atoms with Gasteiger partial charge in [-0.1, -0.05) is 6.92 Å². The van der Waals surface area contributed by atoms with Crippen LogP contribution in [0, 0.1) is 0 Å². The van der Waals surface area contributed by atoms with E-state index in [1.165, 1.54) is 4.90 Å². The van der Waals surface area contributed by atoms with Crippen LogP contribution < -0.4 is 0 Å². The zero-order valence-electron chi connectivity index (χ0n) is 12.5. The van der Waals surface area contributed by atoms with Crippen molar-refractivity contribution in [1.29, 1.82) is 0 Å². The zero-order chi connectivity index (χ0) is 16.1. The monoisotopic (exact) mass is 302 g/mol. The van der Waals surface area contributed by atoms with Crippen LogP contribution in [0.25, 0.3) is 5.69 Å². The average Bonchev–Trinajstić information content (AvgIpc) is 3.05.